The maximum Gasteiger partial charge on any atom is 0.270 e. The number of nitrogens with zero attached hydrogens (tertiary/aromatic N) is 2. The zero-order chi connectivity index (χ0) is 17.8. The van der Waals surface area contributed by atoms with Crippen molar-refractivity contribution in [2.24, 2.45) is 0 Å². The Hall–Kier alpha value is -2.27. The predicted octanol–water partition coefficient (Wildman–Crippen LogP) is 3.42. The van der Waals surface area contributed by atoms with Crippen molar-refractivity contribution < 1.29 is 9.72 Å². The molecule has 5 heteroatoms. The van der Waals surface area contributed by atoms with E-state index in [1.807, 2.05) is 0 Å². The van der Waals surface area contributed by atoms with Crippen molar-refractivity contribution in [2.45, 2.75) is 37.5 Å². The molecular formula is C20H22N2O3. The third-order valence-corrected chi connectivity index (χ3v) is 6.09. The van der Waals surface area contributed by atoms with E-state index in [0.717, 1.165) is 66.6 Å². The van der Waals surface area contributed by atoms with Gasteiger partial charge in [-0.25, -0.2) is 0 Å². The van der Waals surface area contributed by atoms with E-state index in [-0.39, 0.29) is 16.4 Å². The molecule has 0 amide bonds. The Morgan fingerprint density at radius 3 is 2.72 bits per heavy atom. The van der Waals surface area contributed by atoms with E-state index in [0.29, 0.717) is 6.42 Å². The lowest BCUT2D eigenvalue weighted by molar-refractivity contribution is -0.385. The maximum atomic E-state index is 12.7. The van der Waals surface area contributed by atoms with Crippen LogP contribution in [0.4, 0.5) is 5.69 Å². The van der Waals surface area contributed by atoms with E-state index in [9.17, 15) is 14.9 Å². The van der Waals surface area contributed by atoms with Crippen molar-refractivity contribution in [1.82, 2.24) is 4.90 Å². The van der Waals surface area contributed by atoms with Crippen LogP contribution in [0, 0.1) is 10.1 Å². The minimum Gasteiger partial charge on any atom is -0.302 e. The van der Waals surface area contributed by atoms with E-state index in [4.69, 9.17) is 0 Å². The summed E-state index contributed by atoms with van der Waals surface area (Å²) in [6.45, 7) is 6.04. The topological polar surface area (TPSA) is 63.4 Å². The second-order valence-corrected chi connectivity index (χ2v) is 7.55. The number of nitro groups is 1. The minimum absolute atomic E-state index is 0.0700. The standard InChI is InChI=1S/C20H22N2O3/c1-13(14-5-3-8-21(2)12-14)16-9-15(22(24)25)10-18-17(16)11-19(23)20(18)6-4-7-20/h5,9-10H,1,3-4,6-8,11-12H2,2H3. The van der Waals surface area contributed by atoms with Crippen LogP contribution in [0.3, 0.4) is 0 Å². The van der Waals surface area contributed by atoms with Crippen molar-refractivity contribution in [3.63, 3.8) is 0 Å². The highest BCUT2D eigenvalue weighted by Gasteiger charge is 2.51. The molecule has 0 radical (unpaired) electrons. The van der Waals surface area contributed by atoms with Gasteiger partial charge in [-0.05, 0) is 54.1 Å². The molecule has 1 heterocycles. The molecule has 0 atom stereocenters. The van der Waals surface area contributed by atoms with Crippen LogP contribution < -0.4 is 0 Å². The van der Waals surface area contributed by atoms with E-state index in [1.54, 1.807) is 12.1 Å². The molecule has 0 unspecified atom stereocenters. The lowest BCUT2D eigenvalue weighted by atomic mass is 9.64. The van der Waals surface area contributed by atoms with Gasteiger partial charge >= 0.3 is 0 Å². The second-order valence-electron chi connectivity index (χ2n) is 7.55. The first-order chi connectivity index (χ1) is 11.9. The van der Waals surface area contributed by atoms with Gasteiger partial charge in [-0.3, -0.25) is 14.9 Å². The molecule has 1 aliphatic heterocycles. The fourth-order valence-corrected chi connectivity index (χ4v) is 4.49. The number of rotatable bonds is 3. The first-order valence-electron chi connectivity index (χ1n) is 8.85. The van der Waals surface area contributed by atoms with E-state index < -0.39 is 5.41 Å². The molecule has 2 aliphatic carbocycles. The van der Waals surface area contributed by atoms with Crippen molar-refractivity contribution in [3.8, 4) is 0 Å². The first-order valence-corrected chi connectivity index (χ1v) is 8.85. The highest BCUT2D eigenvalue weighted by atomic mass is 16.6. The van der Waals surface area contributed by atoms with Gasteiger partial charge in [0.25, 0.3) is 5.69 Å². The second kappa shape index (κ2) is 5.63. The largest absolute Gasteiger partial charge is 0.302 e. The number of benzene rings is 1. The molecule has 0 aromatic heterocycles. The van der Waals surface area contributed by atoms with Crippen molar-refractivity contribution in [1.29, 1.82) is 0 Å². The van der Waals surface area contributed by atoms with Gasteiger partial charge in [0.15, 0.2) is 0 Å². The molecule has 25 heavy (non-hydrogen) atoms. The Balaban J connectivity index is 1.85. The fourth-order valence-electron chi connectivity index (χ4n) is 4.49. The quantitative estimate of drug-likeness (QED) is 0.626. The molecule has 1 fully saturated rings. The highest BCUT2D eigenvalue weighted by Crippen LogP contribution is 2.53. The third-order valence-electron chi connectivity index (χ3n) is 6.09. The van der Waals surface area contributed by atoms with Gasteiger partial charge in [-0.15, -0.1) is 0 Å². The molecule has 0 N–H and O–H groups in total. The Kier molecular flexibility index (Phi) is 3.65. The molecule has 1 spiro atoms. The number of nitro benzene ring substituents is 1. The number of hydrogen-bond donors (Lipinski definition) is 0. The van der Waals surface area contributed by atoms with Crippen LogP contribution in [0.1, 0.15) is 42.4 Å². The fraction of sp³-hybridized carbons (Fsp3) is 0.450. The lowest BCUT2D eigenvalue weighted by Crippen LogP contribution is -2.39. The molecule has 130 valence electrons. The number of likely N-dealkylation sites (N-methyl/N-ethyl adjacent to an activating group) is 1. The Labute approximate surface area is 147 Å². The lowest BCUT2D eigenvalue weighted by Gasteiger charge is -2.37. The summed E-state index contributed by atoms with van der Waals surface area (Å²) in [5, 5.41) is 11.5. The van der Waals surface area contributed by atoms with Crippen LogP contribution in [0.5, 0.6) is 0 Å². The summed E-state index contributed by atoms with van der Waals surface area (Å²) in [4.78, 5) is 26.0. The van der Waals surface area contributed by atoms with Crippen LogP contribution in [0.2, 0.25) is 0 Å². The van der Waals surface area contributed by atoms with Gasteiger partial charge in [0, 0.05) is 31.6 Å². The third kappa shape index (κ3) is 2.37. The minimum atomic E-state index is -0.464. The smallest absolute Gasteiger partial charge is 0.270 e. The van der Waals surface area contributed by atoms with Crippen LogP contribution >= 0.6 is 0 Å². The van der Waals surface area contributed by atoms with Crippen LogP contribution in [0.15, 0.2) is 30.4 Å². The highest BCUT2D eigenvalue weighted by molar-refractivity contribution is 6.00. The van der Waals surface area contributed by atoms with Crippen LogP contribution in [-0.4, -0.2) is 35.7 Å². The maximum absolute atomic E-state index is 12.7. The van der Waals surface area contributed by atoms with Crippen molar-refractivity contribution in [2.75, 3.05) is 20.1 Å². The molecule has 0 saturated heterocycles. The summed E-state index contributed by atoms with van der Waals surface area (Å²) < 4.78 is 0. The first kappa shape index (κ1) is 16.2. The van der Waals surface area contributed by atoms with Gasteiger partial charge in [0.1, 0.15) is 5.78 Å². The zero-order valence-corrected chi connectivity index (χ0v) is 14.5. The molecule has 3 aliphatic rings. The summed E-state index contributed by atoms with van der Waals surface area (Å²) in [5.41, 5.74) is 4.19. The SMILES string of the molecule is C=C(C1=CCCN(C)C1)c1cc([N+](=O)[O-])cc2c1CC(=O)C21CCC1. The number of non-ortho nitro benzene ring substituents is 1. The monoisotopic (exact) mass is 338 g/mol. The molecule has 5 nitrogen and oxygen atoms in total. The Bertz CT molecular complexity index is 834. The molecule has 4 rings (SSSR count). The van der Waals surface area contributed by atoms with Crippen LogP contribution in [-0.2, 0) is 16.6 Å². The molecule has 1 saturated carbocycles. The summed E-state index contributed by atoms with van der Waals surface area (Å²) in [7, 11) is 2.06. The molecular weight excluding hydrogens is 316 g/mol. The number of hydrogen-bond acceptors (Lipinski definition) is 4. The van der Waals surface area contributed by atoms with E-state index >= 15 is 0 Å². The van der Waals surface area contributed by atoms with Crippen molar-refractivity contribution in [3.05, 3.63) is 57.2 Å². The number of carbonyl (C=O) groups is 1. The Morgan fingerprint density at radius 2 is 2.12 bits per heavy atom. The van der Waals surface area contributed by atoms with Gasteiger partial charge in [0.05, 0.1) is 10.3 Å². The zero-order valence-electron chi connectivity index (χ0n) is 14.5. The van der Waals surface area contributed by atoms with Crippen molar-refractivity contribution >= 4 is 17.0 Å². The van der Waals surface area contributed by atoms with Crippen LogP contribution in [0.25, 0.3) is 5.57 Å². The van der Waals surface area contributed by atoms with E-state index in [2.05, 4.69) is 24.6 Å². The van der Waals surface area contributed by atoms with Gasteiger partial charge < -0.3 is 4.90 Å². The summed E-state index contributed by atoms with van der Waals surface area (Å²) in [6, 6.07) is 3.25. The average Bonchev–Trinajstić information content (AvgIpc) is 2.85. The summed E-state index contributed by atoms with van der Waals surface area (Å²) >= 11 is 0. The van der Waals surface area contributed by atoms with E-state index in [1.165, 1.54) is 0 Å². The molecule has 0 bridgehead atoms. The Morgan fingerprint density at radius 1 is 1.36 bits per heavy atom. The van der Waals surface area contributed by atoms with Gasteiger partial charge in [-0.1, -0.05) is 19.1 Å². The van der Waals surface area contributed by atoms with Gasteiger partial charge in [-0.2, -0.15) is 0 Å². The summed E-state index contributed by atoms with van der Waals surface area (Å²) in [6.07, 6.45) is 6.15. The molecule has 1 aromatic rings. The average molecular weight is 338 g/mol. The predicted molar refractivity (Wildman–Crippen MR) is 96.6 cm³/mol. The number of ketones is 1. The molecule has 1 aromatic carbocycles. The number of Topliss-reactive ketones (excluding diaryl/α,β-unsaturated/α-hetero) is 1. The van der Waals surface area contributed by atoms with Gasteiger partial charge in [0.2, 0.25) is 0 Å². The summed E-state index contributed by atoms with van der Waals surface area (Å²) in [5.74, 6) is 0.220. The normalized spacial score (nSPS) is 21.6. The number of carbonyl (C=O) groups excluding carboxylic acids is 1. The number of fused-ring (bicyclic) bond motifs is 2.